The van der Waals surface area contributed by atoms with Crippen molar-refractivity contribution in [1.29, 1.82) is 0 Å². The number of benzene rings is 2. The zero-order valence-corrected chi connectivity index (χ0v) is 14.8. The van der Waals surface area contributed by atoms with Gasteiger partial charge in [0.25, 0.3) is 5.91 Å². The van der Waals surface area contributed by atoms with Gasteiger partial charge < -0.3 is 20.1 Å². The van der Waals surface area contributed by atoms with Crippen LogP contribution in [-0.4, -0.2) is 32.3 Å². The van der Waals surface area contributed by atoms with Crippen molar-refractivity contribution in [3.63, 3.8) is 0 Å². The van der Waals surface area contributed by atoms with Gasteiger partial charge in [0.2, 0.25) is 0 Å². The van der Waals surface area contributed by atoms with Gasteiger partial charge >= 0.3 is 0 Å². The highest BCUT2D eigenvalue weighted by molar-refractivity contribution is 6.06. The van der Waals surface area contributed by atoms with E-state index in [0.717, 1.165) is 12.1 Å². The third-order valence-corrected chi connectivity index (χ3v) is 4.28. The molecule has 2 aromatic carbocycles. The number of nitrogens with one attached hydrogen (secondary N) is 2. The molecule has 138 valence electrons. The highest BCUT2D eigenvalue weighted by Crippen LogP contribution is 2.26. The second-order valence-electron chi connectivity index (χ2n) is 5.99. The molecule has 0 radical (unpaired) electrons. The van der Waals surface area contributed by atoms with E-state index in [4.69, 9.17) is 9.47 Å². The van der Waals surface area contributed by atoms with E-state index < -0.39 is 5.91 Å². The van der Waals surface area contributed by atoms with E-state index in [9.17, 15) is 9.18 Å². The third-order valence-electron chi connectivity index (χ3n) is 4.28. The van der Waals surface area contributed by atoms with Crippen molar-refractivity contribution in [2.75, 3.05) is 31.7 Å². The monoisotopic (exact) mass is 358 g/mol. The maximum Gasteiger partial charge on any atom is 0.259 e. The molecule has 3 rings (SSSR count). The van der Waals surface area contributed by atoms with Gasteiger partial charge in [-0.25, -0.2) is 4.39 Å². The maximum atomic E-state index is 14.7. The molecule has 2 aromatic rings. The van der Waals surface area contributed by atoms with Crippen LogP contribution in [0, 0.1) is 5.82 Å². The third kappa shape index (κ3) is 4.20. The molecule has 0 saturated heterocycles. The van der Waals surface area contributed by atoms with Crippen molar-refractivity contribution < 1.29 is 18.7 Å². The number of rotatable bonds is 7. The fraction of sp³-hybridized carbons (Fsp3) is 0.350. The number of carbonyl (C=O) groups is 1. The zero-order valence-electron chi connectivity index (χ0n) is 14.8. The lowest BCUT2D eigenvalue weighted by molar-refractivity contribution is 0.0997. The summed E-state index contributed by atoms with van der Waals surface area (Å²) in [6.45, 7) is 4.69. The molecule has 1 aliphatic heterocycles. The summed E-state index contributed by atoms with van der Waals surface area (Å²) >= 11 is 0. The summed E-state index contributed by atoms with van der Waals surface area (Å²) in [6.07, 6.45) is 0.613. The van der Waals surface area contributed by atoms with E-state index in [-0.39, 0.29) is 11.5 Å². The van der Waals surface area contributed by atoms with E-state index in [0.29, 0.717) is 49.7 Å². The second-order valence-corrected chi connectivity index (χ2v) is 5.99. The second kappa shape index (κ2) is 8.78. The molecule has 2 N–H and O–H groups in total. The van der Waals surface area contributed by atoms with Crippen LogP contribution in [-0.2, 0) is 17.7 Å². The molecule has 0 unspecified atom stereocenters. The van der Waals surface area contributed by atoms with Crippen LogP contribution in [0.25, 0.3) is 0 Å². The van der Waals surface area contributed by atoms with Crippen molar-refractivity contribution in [3.05, 3.63) is 58.9 Å². The van der Waals surface area contributed by atoms with Gasteiger partial charge in [-0.2, -0.15) is 0 Å². The van der Waals surface area contributed by atoms with Crippen LogP contribution in [0.5, 0.6) is 5.75 Å². The van der Waals surface area contributed by atoms with Crippen LogP contribution in [0.3, 0.4) is 0 Å². The topological polar surface area (TPSA) is 59.6 Å². The van der Waals surface area contributed by atoms with Crippen molar-refractivity contribution in [1.82, 2.24) is 5.32 Å². The summed E-state index contributed by atoms with van der Waals surface area (Å²) in [6, 6.07) is 10.4. The van der Waals surface area contributed by atoms with Gasteiger partial charge in [-0.15, -0.1) is 0 Å². The highest BCUT2D eigenvalue weighted by atomic mass is 19.1. The summed E-state index contributed by atoms with van der Waals surface area (Å²) in [7, 11) is 0. The lowest BCUT2D eigenvalue weighted by Crippen LogP contribution is -2.25. The first-order valence-corrected chi connectivity index (χ1v) is 8.82. The Labute approximate surface area is 152 Å². The lowest BCUT2D eigenvalue weighted by Gasteiger charge is -2.19. The molecule has 1 amide bonds. The Bertz CT molecular complexity index is 780. The first kappa shape index (κ1) is 18.4. The highest BCUT2D eigenvalue weighted by Gasteiger charge is 2.19. The van der Waals surface area contributed by atoms with Crippen molar-refractivity contribution in [3.8, 4) is 5.75 Å². The van der Waals surface area contributed by atoms with E-state index in [2.05, 4.69) is 10.6 Å². The first-order valence-electron chi connectivity index (χ1n) is 8.82. The number of halogens is 1. The molecule has 1 aliphatic rings. The molecular formula is C20H23FN2O3. The van der Waals surface area contributed by atoms with Crippen LogP contribution >= 0.6 is 0 Å². The van der Waals surface area contributed by atoms with Crippen LogP contribution in [0.2, 0.25) is 0 Å². The molecule has 0 saturated carbocycles. The van der Waals surface area contributed by atoms with Gasteiger partial charge in [0.15, 0.2) is 0 Å². The van der Waals surface area contributed by atoms with Crippen molar-refractivity contribution in [2.24, 2.45) is 0 Å². The smallest absolute Gasteiger partial charge is 0.259 e. The molecule has 0 atom stereocenters. The van der Waals surface area contributed by atoms with Crippen LogP contribution < -0.4 is 15.4 Å². The van der Waals surface area contributed by atoms with Crippen LogP contribution in [0.4, 0.5) is 10.1 Å². The SMILES string of the molecule is CCOCCOc1ccccc1C(=O)Nc1ccc2c(c1F)CCNC2. The summed E-state index contributed by atoms with van der Waals surface area (Å²) in [5.41, 5.74) is 2.16. The van der Waals surface area contributed by atoms with Crippen molar-refractivity contribution in [2.45, 2.75) is 19.9 Å². The summed E-state index contributed by atoms with van der Waals surface area (Å²) in [5.74, 6) is -0.302. The molecule has 26 heavy (non-hydrogen) atoms. The van der Waals surface area contributed by atoms with Gasteiger partial charge in [-0.3, -0.25) is 4.79 Å². The normalized spacial score (nSPS) is 13.2. The Morgan fingerprint density at radius 2 is 2.08 bits per heavy atom. The average Bonchev–Trinajstić information content (AvgIpc) is 2.68. The molecule has 0 aliphatic carbocycles. The molecule has 6 heteroatoms. The Morgan fingerprint density at radius 1 is 1.23 bits per heavy atom. The predicted octanol–water partition coefficient (Wildman–Crippen LogP) is 3.14. The van der Waals surface area contributed by atoms with E-state index in [1.165, 1.54) is 0 Å². The number of para-hydroxylation sites is 1. The number of hydrogen-bond donors (Lipinski definition) is 2. The van der Waals surface area contributed by atoms with Gasteiger partial charge in [-0.1, -0.05) is 18.2 Å². The van der Waals surface area contributed by atoms with Gasteiger partial charge in [0.05, 0.1) is 17.9 Å². The minimum Gasteiger partial charge on any atom is -0.490 e. The quantitative estimate of drug-likeness (QED) is 0.747. The maximum absolute atomic E-state index is 14.7. The van der Waals surface area contributed by atoms with E-state index in [1.807, 2.05) is 13.0 Å². The van der Waals surface area contributed by atoms with Crippen LogP contribution in [0.1, 0.15) is 28.4 Å². The number of hydrogen-bond acceptors (Lipinski definition) is 4. The standard InChI is InChI=1S/C20H23FN2O3/c1-2-25-11-12-26-18-6-4-3-5-16(18)20(24)23-17-8-7-14-13-22-10-9-15(14)19(17)21/h3-8,22H,2,9-13H2,1H3,(H,23,24). The number of ether oxygens (including phenoxy) is 2. The number of carbonyl (C=O) groups excluding carboxylic acids is 1. The number of anilines is 1. The predicted molar refractivity (Wildman–Crippen MR) is 98.2 cm³/mol. The first-order chi connectivity index (χ1) is 12.7. The summed E-state index contributed by atoms with van der Waals surface area (Å²) in [4.78, 5) is 12.6. The van der Waals surface area contributed by atoms with Crippen LogP contribution in [0.15, 0.2) is 36.4 Å². The molecule has 5 nitrogen and oxygen atoms in total. The Morgan fingerprint density at radius 3 is 2.92 bits per heavy atom. The largest absolute Gasteiger partial charge is 0.490 e. The summed E-state index contributed by atoms with van der Waals surface area (Å²) < 4.78 is 25.6. The minimum atomic E-state index is -0.398. The van der Waals surface area contributed by atoms with E-state index >= 15 is 0 Å². The Balaban J connectivity index is 1.74. The molecular weight excluding hydrogens is 335 g/mol. The number of amides is 1. The van der Waals surface area contributed by atoms with Gasteiger partial charge in [0.1, 0.15) is 18.2 Å². The molecule has 0 spiro atoms. The lowest BCUT2D eigenvalue weighted by atomic mass is 9.99. The van der Waals surface area contributed by atoms with Crippen molar-refractivity contribution >= 4 is 11.6 Å². The molecule has 1 heterocycles. The Kier molecular flexibility index (Phi) is 6.20. The fourth-order valence-corrected chi connectivity index (χ4v) is 2.95. The molecule has 0 fully saturated rings. The molecule has 0 aromatic heterocycles. The summed E-state index contributed by atoms with van der Waals surface area (Å²) in [5, 5.41) is 5.88. The average molecular weight is 358 g/mol. The fourth-order valence-electron chi connectivity index (χ4n) is 2.95. The Hall–Kier alpha value is -2.44. The molecule has 0 bridgehead atoms. The minimum absolute atomic E-state index is 0.194. The zero-order chi connectivity index (χ0) is 18.4. The van der Waals surface area contributed by atoms with Gasteiger partial charge in [-0.05, 0) is 49.2 Å². The van der Waals surface area contributed by atoms with Gasteiger partial charge in [0, 0.05) is 13.2 Å². The number of fused-ring (bicyclic) bond motifs is 1. The van der Waals surface area contributed by atoms with E-state index in [1.54, 1.807) is 30.3 Å².